The molecule has 0 N–H and O–H groups in total. The SMILES string of the molecule is [F][Pt-2]([F])([F])([Cl])([Cl])[Cl]. The van der Waals surface area contributed by atoms with E-state index >= 15 is 0 Å². The molecule has 0 unspecified atom stereocenters. The van der Waals surface area contributed by atoms with Crippen molar-refractivity contribution in [1.29, 1.82) is 0 Å². The monoisotopic (exact) mass is 357 g/mol. The summed E-state index contributed by atoms with van der Waals surface area (Å²) in [7, 11) is 11.3. The van der Waals surface area contributed by atoms with Crippen LogP contribution in [0.15, 0.2) is 0 Å². The fraction of sp³-hybridized carbons (Fsp3) is 0. The third-order valence-electron chi connectivity index (χ3n) is 0. The van der Waals surface area contributed by atoms with E-state index in [-0.39, 0.29) is 0 Å². The van der Waals surface area contributed by atoms with Gasteiger partial charge in [0.25, 0.3) is 0 Å². The number of rotatable bonds is 0. The molecule has 0 heterocycles. The summed E-state index contributed by atoms with van der Waals surface area (Å²) in [6.45, 7) is 0. The van der Waals surface area contributed by atoms with Gasteiger partial charge in [-0.3, -0.25) is 0 Å². The summed E-state index contributed by atoms with van der Waals surface area (Å²) in [6, 6.07) is 0. The molecule has 0 aromatic carbocycles. The van der Waals surface area contributed by atoms with E-state index in [2.05, 4.69) is 28.3 Å². The maximum absolute atomic E-state index is 11.2. The molecule has 0 fully saturated rings. The third-order valence-corrected chi connectivity index (χ3v) is 0. The molecule has 0 aromatic rings. The quantitative estimate of drug-likeness (QED) is 0.623. The summed E-state index contributed by atoms with van der Waals surface area (Å²) in [4.78, 5) is 0. The van der Waals surface area contributed by atoms with Gasteiger partial charge >= 0.3 is 49.7 Å². The summed E-state index contributed by atoms with van der Waals surface area (Å²) < 4.78 is 33.6. The summed E-state index contributed by atoms with van der Waals surface area (Å²) >= 11 is -8.20. The molecular weight excluding hydrogens is 358 g/mol. The van der Waals surface area contributed by atoms with Gasteiger partial charge in [-0.05, 0) is 0 Å². The first-order chi connectivity index (χ1) is 2.45. The van der Waals surface area contributed by atoms with Crippen LogP contribution in [0.3, 0.4) is 0 Å². The second-order valence-corrected chi connectivity index (χ2v) is 21.1. The van der Waals surface area contributed by atoms with Crippen LogP contribution in [-0.4, -0.2) is 0 Å². The van der Waals surface area contributed by atoms with Crippen LogP contribution in [0, 0.1) is 0 Å². The number of halogens is 6. The van der Waals surface area contributed by atoms with E-state index in [1.54, 1.807) is 0 Å². The van der Waals surface area contributed by atoms with E-state index in [0.717, 1.165) is 0 Å². The van der Waals surface area contributed by atoms with Crippen LogP contribution in [0.1, 0.15) is 0 Å². The van der Waals surface area contributed by atoms with Gasteiger partial charge in [0.05, 0.1) is 0 Å². The van der Waals surface area contributed by atoms with Gasteiger partial charge in [0.1, 0.15) is 0 Å². The Labute approximate surface area is 49.7 Å². The van der Waals surface area contributed by atoms with Crippen molar-refractivity contribution in [1.82, 2.24) is 0 Å². The Hall–Kier alpha value is 1.35. The van der Waals surface area contributed by atoms with E-state index in [0.29, 0.717) is 0 Å². The van der Waals surface area contributed by atoms with Crippen LogP contribution < -0.4 is 0 Å². The Morgan fingerprint density at radius 3 is 0.857 bits per heavy atom. The van der Waals surface area contributed by atoms with E-state index in [1.807, 2.05) is 0 Å². The van der Waals surface area contributed by atoms with E-state index in [9.17, 15) is 9.47 Å². The Kier molecular flexibility index (Phi) is 1.32. The van der Waals surface area contributed by atoms with E-state index < -0.39 is 12.0 Å². The fourth-order valence-corrected chi connectivity index (χ4v) is 0. The molecule has 7 heavy (non-hydrogen) atoms. The number of hydrogen-bond acceptors (Lipinski definition) is 0. The molecule has 0 aliphatic rings. The van der Waals surface area contributed by atoms with Crippen molar-refractivity contribution in [3.8, 4) is 0 Å². The van der Waals surface area contributed by atoms with Gasteiger partial charge in [-0.2, -0.15) is 0 Å². The molecule has 0 saturated heterocycles. The molecule has 0 rings (SSSR count). The minimum atomic E-state index is -8.20. The van der Waals surface area contributed by atoms with Crippen molar-refractivity contribution in [2.45, 2.75) is 0 Å². The average Bonchev–Trinajstić information content (AvgIpc) is 0.592. The molecule has 0 amide bonds. The van der Waals surface area contributed by atoms with Crippen LogP contribution in [-0.2, 0) is 12.0 Å². The molecule has 0 saturated carbocycles. The maximum atomic E-state index is 11.2. The van der Waals surface area contributed by atoms with Crippen molar-refractivity contribution in [2.24, 2.45) is 0 Å². The number of hydrogen-bond donors (Lipinski definition) is 0. The van der Waals surface area contributed by atoms with Gasteiger partial charge < -0.3 is 0 Å². The Bertz CT molecular complexity index is 68.7. The van der Waals surface area contributed by atoms with Crippen molar-refractivity contribution in [2.75, 3.05) is 0 Å². The van der Waals surface area contributed by atoms with Gasteiger partial charge in [0.15, 0.2) is 0 Å². The van der Waals surface area contributed by atoms with Gasteiger partial charge in [0.2, 0.25) is 0 Å². The predicted octanol–water partition coefficient (Wildman–Crippen LogP) is 3.33. The first-order valence-corrected chi connectivity index (χ1v) is 11.7. The molecule has 0 aliphatic heterocycles. The molecular formula is Cl3F3Pt-2. The zero-order chi connectivity index (χ0) is 6.41. The summed E-state index contributed by atoms with van der Waals surface area (Å²) in [5.74, 6) is 0. The zero-order valence-corrected chi connectivity index (χ0v) is 7.12. The Morgan fingerprint density at radius 2 is 0.857 bits per heavy atom. The van der Waals surface area contributed by atoms with Gasteiger partial charge in [-0.25, -0.2) is 0 Å². The minimum absolute atomic E-state index is 3.75. The van der Waals surface area contributed by atoms with Crippen LogP contribution in [0.5, 0.6) is 0 Å². The normalized spacial score (nSPS) is 23.1. The molecule has 0 aromatic heterocycles. The van der Waals surface area contributed by atoms with Crippen LogP contribution >= 0.6 is 28.3 Å². The Morgan fingerprint density at radius 1 is 0.857 bits per heavy atom. The molecule has 54 valence electrons. The first-order valence-electron chi connectivity index (χ1n) is 0.717. The summed E-state index contributed by atoms with van der Waals surface area (Å²) in [6.07, 6.45) is 0. The van der Waals surface area contributed by atoms with Crippen LogP contribution in [0.4, 0.5) is 9.47 Å². The second kappa shape index (κ2) is 1.11. The topological polar surface area (TPSA) is 0 Å². The fourth-order valence-electron chi connectivity index (χ4n) is 0. The van der Waals surface area contributed by atoms with Crippen molar-refractivity contribution in [3.05, 3.63) is 0 Å². The van der Waals surface area contributed by atoms with E-state index in [1.165, 1.54) is 0 Å². The van der Waals surface area contributed by atoms with Crippen molar-refractivity contribution < 1.29 is 21.5 Å². The van der Waals surface area contributed by atoms with Gasteiger partial charge in [0, 0.05) is 0 Å². The van der Waals surface area contributed by atoms with Crippen molar-refractivity contribution in [3.63, 3.8) is 0 Å². The van der Waals surface area contributed by atoms with Crippen molar-refractivity contribution >= 4 is 28.3 Å². The molecule has 0 aliphatic carbocycles. The standard InChI is InChI=1S/3ClH.3FH.Pt/h6*1H;/q;;;;;;+4/p-6. The molecule has 0 atom stereocenters. The van der Waals surface area contributed by atoms with Crippen LogP contribution in [0.25, 0.3) is 0 Å². The summed E-state index contributed by atoms with van der Waals surface area (Å²) in [5.41, 5.74) is 0. The predicted molar refractivity (Wildman–Crippen MR) is 20.9 cm³/mol. The summed E-state index contributed by atoms with van der Waals surface area (Å²) in [5, 5.41) is 0. The first kappa shape index (κ1) is 8.35. The van der Waals surface area contributed by atoms with Gasteiger partial charge in [-0.15, -0.1) is 0 Å². The molecule has 0 bridgehead atoms. The molecule has 7 heteroatoms. The third kappa shape index (κ3) is 116. The molecule has 0 spiro atoms. The Balaban J connectivity index is 4.43. The average molecular weight is 358 g/mol. The molecule has 0 radical (unpaired) electrons. The zero-order valence-electron chi connectivity index (χ0n) is 2.58. The van der Waals surface area contributed by atoms with Gasteiger partial charge in [-0.1, -0.05) is 0 Å². The molecule has 0 nitrogen and oxygen atoms in total. The van der Waals surface area contributed by atoms with Crippen LogP contribution in [0.2, 0.25) is 0 Å². The second-order valence-electron chi connectivity index (χ2n) is 0.678. The van der Waals surface area contributed by atoms with E-state index in [4.69, 9.17) is 0 Å².